The highest BCUT2D eigenvalue weighted by Crippen LogP contribution is 2.31. The lowest BCUT2D eigenvalue weighted by Gasteiger charge is -2.13. The second-order valence-corrected chi connectivity index (χ2v) is 7.95. The van der Waals surface area contributed by atoms with Gasteiger partial charge in [-0.25, -0.2) is 4.98 Å². The first-order chi connectivity index (χ1) is 15.0. The Morgan fingerprint density at radius 2 is 1.72 bits per heavy atom. The highest BCUT2D eigenvalue weighted by atomic mass is 35.5. The average molecular weight is 465 g/mol. The minimum absolute atomic E-state index is 0.0751. The summed E-state index contributed by atoms with van der Waals surface area (Å²) in [4.78, 5) is 14.1. The van der Waals surface area contributed by atoms with Gasteiger partial charge in [-0.3, -0.25) is 9.98 Å². The molecular weight excluding hydrogens is 445 g/mol. The number of anilines is 1. The summed E-state index contributed by atoms with van der Waals surface area (Å²) in [7, 11) is 6.95. The fraction of sp³-hybridized carbons (Fsp3) is 0.300. The van der Waals surface area contributed by atoms with E-state index >= 15 is 0 Å². The Hall–Kier alpha value is -3.34. The smallest absolute Gasteiger partial charge is 0.361 e. The molecule has 0 atom stereocenters. The maximum absolute atomic E-state index is 13.0. The molecule has 4 aromatic rings. The first kappa shape index (κ1) is 21.9. The van der Waals surface area contributed by atoms with Crippen molar-refractivity contribution in [1.29, 1.82) is 5.41 Å². The van der Waals surface area contributed by atoms with Gasteiger partial charge in [-0.2, -0.15) is 23.1 Å². The topological polar surface area (TPSA) is 80.6 Å². The Balaban J connectivity index is 1.72. The molecule has 8 nitrogen and oxygen atoms in total. The van der Waals surface area contributed by atoms with Crippen LogP contribution in [0.2, 0.25) is 5.28 Å². The van der Waals surface area contributed by atoms with E-state index in [0.717, 1.165) is 11.8 Å². The number of benzene rings is 1. The van der Waals surface area contributed by atoms with Crippen LogP contribution in [0.15, 0.2) is 30.5 Å². The lowest BCUT2D eigenvalue weighted by Crippen LogP contribution is -2.23. The van der Waals surface area contributed by atoms with E-state index < -0.39 is 11.9 Å². The van der Waals surface area contributed by atoms with E-state index in [0.29, 0.717) is 29.1 Å². The van der Waals surface area contributed by atoms with Crippen molar-refractivity contribution in [2.45, 2.75) is 12.7 Å². The number of hydrogen-bond donors (Lipinski definition) is 1. The highest BCUT2D eigenvalue weighted by molar-refractivity contribution is 6.28. The molecule has 0 aliphatic carbocycles. The molecule has 0 spiro atoms. The molecule has 0 unspecified atom stereocenters. The van der Waals surface area contributed by atoms with E-state index in [1.54, 1.807) is 45.3 Å². The van der Waals surface area contributed by atoms with Gasteiger partial charge in [-0.15, -0.1) is 0 Å². The van der Waals surface area contributed by atoms with Crippen LogP contribution < -0.4 is 10.5 Å². The monoisotopic (exact) mass is 464 g/mol. The summed E-state index contributed by atoms with van der Waals surface area (Å²) < 4.78 is 43.6. The zero-order chi connectivity index (χ0) is 23.4. The Morgan fingerprint density at radius 1 is 1.06 bits per heavy atom. The quantitative estimate of drug-likeness (QED) is 0.469. The van der Waals surface area contributed by atoms with Crippen molar-refractivity contribution in [2.24, 2.45) is 14.1 Å². The largest absolute Gasteiger partial charge is 0.434 e. The second kappa shape index (κ2) is 7.66. The van der Waals surface area contributed by atoms with Crippen molar-refractivity contribution in [2.75, 3.05) is 19.0 Å². The summed E-state index contributed by atoms with van der Waals surface area (Å²) in [5, 5.41) is 8.60. The van der Waals surface area contributed by atoms with Crippen LogP contribution in [0.5, 0.6) is 0 Å². The molecule has 0 aliphatic heterocycles. The van der Waals surface area contributed by atoms with Gasteiger partial charge in [-0.1, -0.05) is 24.3 Å². The third-order valence-electron chi connectivity index (χ3n) is 5.13. The molecule has 12 heteroatoms. The zero-order valence-corrected chi connectivity index (χ0v) is 18.5. The minimum atomic E-state index is -4.50. The van der Waals surface area contributed by atoms with Crippen LogP contribution in [0.4, 0.5) is 19.0 Å². The van der Waals surface area contributed by atoms with Gasteiger partial charge in [0.1, 0.15) is 11.3 Å². The van der Waals surface area contributed by atoms with Gasteiger partial charge in [0.05, 0.1) is 6.54 Å². The number of halogens is 4. The van der Waals surface area contributed by atoms with Gasteiger partial charge in [0, 0.05) is 40.0 Å². The fourth-order valence-electron chi connectivity index (χ4n) is 3.56. The van der Waals surface area contributed by atoms with Gasteiger partial charge in [0.25, 0.3) is 0 Å². The molecule has 0 saturated carbocycles. The lowest BCUT2D eigenvalue weighted by atomic mass is 10.1. The second-order valence-electron chi connectivity index (χ2n) is 7.61. The molecule has 0 saturated heterocycles. The Kier molecular flexibility index (Phi) is 5.24. The van der Waals surface area contributed by atoms with Gasteiger partial charge < -0.3 is 14.0 Å². The molecule has 0 radical (unpaired) electrons. The number of alkyl halides is 3. The first-order valence-electron chi connectivity index (χ1n) is 9.52. The molecule has 1 aromatic carbocycles. The van der Waals surface area contributed by atoms with Crippen LogP contribution in [-0.4, -0.2) is 42.7 Å². The summed E-state index contributed by atoms with van der Waals surface area (Å²) in [6.45, 7) is 0.324. The summed E-state index contributed by atoms with van der Waals surface area (Å²) in [6.07, 6.45) is -3.53. The van der Waals surface area contributed by atoms with Crippen LogP contribution in [0.3, 0.4) is 0 Å². The van der Waals surface area contributed by atoms with Crippen molar-refractivity contribution in [3.05, 3.63) is 52.6 Å². The van der Waals surface area contributed by atoms with Gasteiger partial charge in [-0.05, 0) is 17.2 Å². The Morgan fingerprint density at radius 3 is 2.28 bits per heavy atom. The molecule has 3 aromatic heterocycles. The number of hydrogen-bond acceptors (Lipinski definition) is 5. The van der Waals surface area contributed by atoms with Crippen molar-refractivity contribution < 1.29 is 13.2 Å². The van der Waals surface area contributed by atoms with E-state index in [9.17, 15) is 13.2 Å². The molecule has 0 bridgehead atoms. The van der Waals surface area contributed by atoms with Crippen LogP contribution in [0, 0.1) is 5.41 Å². The van der Waals surface area contributed by atoms with Gasteiger partial charge in [0.2, 0.25) is 10.9 Å². The number of nitrogens with one attached hydrogen (secondary N) is 1. The number of nitrogens with zero attached hydrogens (tertiary/aromatic N) is 7. The fourth-order valence-corrected chi connectivity index (χ4v) is 3.72. The van der Waals surface area contributed by atoms with Crippen molar-refractivity contribution >= 4 is 28.6 Å². The predicted molar refractivity (Wildman–Crippen MR) is 114 cm³/mol. The molecule has 4 rings (SSSR count). The molecular formula is C20H20ClF3N8. The normalized spacial score (nSPS) is 12.0. The number of aromatic nitrogens is 6. The van der Waals surface area contributed by atoms with Gasteiger partial charge >= 0.3 is 6.18 Å². The summed E-state index contributed by atoms with van der Waals surface area (Å²) in [5.41, 5.74) is 1.87. The highest BCUT2D eigenvalue weighted by Gasteiger charge is 2.34. The molecule has 168 valence electrons. The molecule has 0 aliphatic rings. The van der Waals surface area contributed by atoms with Gasteiger partial charge in [0.15, 0.2) is 17.2 Å². The van der Waals surface area contributed by atoms with Crippen LogP contribution >= 0.6 is 11.6 Å². The maximum atomic E-state index is 13.0. The summed E-state index contributed by atoms with van der Waals surface area (Å²) in [5.74, 6) is 0.818. The van der Waals surface area contributed by atoms with E-state index in [1.165, 1.54) is 11.6 Å². The van der Waals surface area contributed by atoms with E-state index in [1.807, 2.05) is 14.1 Å². The summed E-state index contributed by atoms with van der Waals surface area (Å²) in [6, 6.07) is 7.00. The number of rotatable bonds is 4. The molecule has 32 heavy (non-hydrogen) atoms. The molecule has 1 N–H and O–H groups in total. The first-order valence-corrected chi connectivity index (χ1v) is 9.89. The summed E-state index contributed by atoms with van der Waals surface area (Å²) >= 11 is 6.12. The molecule has 0 amide bonds. The third-order valence-corrected chi connectivity index (χ3v) is 5.30. The lowest BCUT2D eigenvalue weighted by molar-refractivity contribution is -0.140. The van der Waals surface area contributed by atoms with Crippen molar-refractivity contribution in [3.8, 4) is 11.4 Å². The molecule has 3 heterocycles. The zero-order valence-electron chi connectivity index (χ0n) is 17.7. The predicted octanol–water partition coefficient (Wildman–Crippen LogP) is 3.44. The van der Waals surface area contributed by atoms with E-state index in [2.05, 4.69) is 15.0 Å². The van der Waals surface area contributed by atoms with Crippen molar-refractivity contribution in [1.82, 2.24) is 28.7 Å². The standard InChI is InChI=1S/C20H20ClF3N8/c1-29(2)16-14-17(28-18(21)27-16)32(19(25)31(14)4)9-11-5-7-12(8-6-11)15-26-13(10-30(15)3)20(22,23)24/h5-8,10,25H,9H2,1-4H3. The minimum Gasteiger partial charge on any atom is -0.361 e. The van der Waals surface area contributed by atoms with Crippen molar-refractivity contribution in [3.63, 3.8) is 0 Å². The van der Waals surface area contributed by atoms with Crippen LogP contribution in [0.1, 0.15) is 11.3 Å². The van der Waals surface area contributed by atoms with E-state index in [-0.39, 0.29) is 16.7 Å². The third kappa shape index (κ3) is 3.72. The van der Waals surface area contributed by atoms with E-state index in [4.69, 9.17) is 17.0 Å². The number of imidazole rings is 2. The number of fused-ring (bicyclic) bond motifs is 1. The number of aryl methyl sites for hydroxylation is 2. The molecule has 0 fully saturated rings. The Labute approximate surface area is 186 Å². The SMILES string of the molecule is CN(C)c1nc(Cl)nc2c1n(C)c(=N)n2Cc1ccc(-c2nc(C(F)(F)F)cn2C)cc1. The van der Waals surface area contributed by atoms with Crippen LogP contribution in [0.25, 0.3) is 22.6 Å². The maximum Gasteiger partial charge on any atom is 0.434 e. The van der Waals surface area contributed by atoms with Crippen LogP contribution in [-0.2, 0) is 26.8 Å². The Bertz CT molecular complexity index is 1360. The average Bonchev–Trinajstić information content (AvgIpc) is 3.22.